The van der Waals surface area contributed by atoms with E-state index >= 15 is 0 Å². The molecule has 0 unspecified atom stereocenters. The van der Waals surface area contributed by atoms with Gasteiger partial charge in [0.1, 0.15) is 6.10 Å². The van der Waals surface area contributed by atoms with Crippen LogP contribution >= 0.6 is 15.9 Å². The van der Waals surface area contributed by atoms with Gasteiger partial charge in [-0.3, -0.25) is 4.79 Å². The van der Waals surface area contributed by atoms with Crippen LogP contribution in [-0.2, 0) is 23.8 Å². The van der Waals surface area contributed by atoms with E-state index in [9.17, 15) is 9.59 Å². The maximum absolute atomic E-state index is 11.5. The predicted octanol–water partition coefficient (Wildman–Crippen LogP) is 1.48. The van der Waals surface area contributed by atoms with E-state index < -0.39 is 23.2 Å². The number of hydrogen-bond donors (Lipinski definition) is 0. The number of alkyl halides is 1. The molecular formula is C11H17BrO5. The lowest BCUT2D eigenvalue weighted by molar-refractivity contribution is -0.189. The molecule has 1 heterocycles. The lowest BCUT2D eigenvalue weighted by Crippen LogP contribution is -2.51. The van der Waals surface area contributed by atoms with E-state index in [0.29, 0.717) is 0 Å². The first kappa shape index (κ1) is 14.4. The molecule has 1 aliphatic rings. The molecule has 5 atom stereocenters. The largest absolute Gasteiger partial charge is 0.467 e. The molecule has 98 valence electrons. The summed E-state index contributed by atoms with van der Waals surface area (Å²) in [6.45, 7) is 5.15. The van der Waals surface area contributed by atoms with E-state index in [4.69, 9.17) is 9.47 Å². The third kappa shape index (κ3) is 3.19. The number of hydrogen-bond acceptors (Lipinski definition) is 5. The monoisotopic (exact) mass is 308 g/mol. The van der Waals surface area contributed by atoms with Gasteiger partial charge in [0.05, 0.1) is 7.11 Å². The van der Waals surface area contributed by atoms with Crippen LogP contribution in [0.5, 0.6) is 0 Å². The fourth-order valence-corrected chi connectivity index (χ4v) is 2.72. The molecule has 5 nitrogen and oxygen atoms in total. The maximum atomic E-state index is 11.5. The zero-order chi connectivity index (χ0) is 13.2. The van der Waals surface area contributed by atoms with Crippen LogP contribution in [0.25, 0.3) is 0 Å². The van der Waals surface area contributed by atoms with Gasteiger partial charge in [-0.1, -0.05) is 29.8 Å². The zero-order valence-corrected chi connectivity index (χ0v) is 11.9. The molecule has 1 aliphatic heterocycles. The molecule has 0 spiro atoms. The van der Waals surface area contributed by atoms with Crippen LogP contribution in [0.4, 0.5) is 0 Å². The molecular weight excluding hydrogens is 292 g/mol. The van der Waals surface area contributed by atoms with Crippen molar-refractivity contribution in [2.24, 2.45) is 11.8 Å². The average Bonchev–Trinajstić information content (AvgIpc) is 2.28. The molecule has 1 saturated heterocycles. The molecule has 0 aromatic rings. The highest BCUT2D eigenvalue weighted by atomic mass is 79.9. The van der Waals surface area contributed by atoms with Crippen molar-refractivity contribution >= 4 is 27.9 Å². The molecule has 0 aromatic heterocycles. The first-order chi connectivity index (χ1) is 7.88. The normalized spacial score (nSPS) is 37.4. The number of esters is 2. The minimum absolute atomic E-state index is 0.00104. The van der Waals surface area contributed by atoms with Crippen LogP contribution in [0, 0.1) is 11.8 Å². The van der Waals surface area contributed by atoms with Crippen molar-refractivity contribution in [1.82, 2.24) is 0 Å². The van der Waals surface area contributed by atoms with Crippen molar-refractivity contribution < 1.29 is 23.8 Å². The van der Waals surface area contributed by atoms with Crippen molar-refractivity contribution in [2.75, 3.05) is 7.11 Å². The van der Waals surface area contributed by atoms with E-state index in [2.05, 4.69) is 20.7 Å². The first-order valence-electron chi connectivity index (χ1n) is 5.43. The SMILES string of the molecule is COC(=O)[C@H]1O[C@H](Br)[C@H](OC(C)=O)[C@@H](C)[C@@H]1C. The Kier molecular flexibility index (Phi) is 4.94. The molecule has 0 amide bonds. The molecule has 0 radical (unpaired) electrons. The predicted molar refractivity (Wildman–Crippen MR) is 63.5 cm³/mol. The fraction of sp³-hybridized carbons (Fsp3) is 0.818. The van der Waals surface area contributed by atoms with Gasteiger partial charge in [-0.05, 0) is 5.92 Å². The Morgan fingerprint density at radius 3 is 2.29 bits per heavy atom. The molecule has 0 bridgehead atoms. The van der Waals surface area contributed by atoms with Crippen molar-refractivity contribution in [3.8, 4) is 0 Å². The third-order valence-electron chi connectivity index (χ3n) is 3.10. The summed E-state index contributed by atoms with van der Waals surface area (Å²) in [6.07, 6.45) is -1.03. The second-order valence-corrected chi connectivity index (χ2v) is 5.13. The highest BCUT2D eigenvalue weighted by Gasteiger charge is 2.45. The number of carbonyl (C=O) groups is 2. The highest BCUT2D eigenvalue weighted by molar-refractivity contribution is 9.09. The van der Waals surface area contributed by atoms with Crippen molar-refractivity contribution in [3.05, 3.63) is 0 Å². The van der Waals surface area contributed by atoms with Crippen LogP contribution in [0.2, 0.25) is 0 Å². The van der Waals surface area contributed by atoms with E-state index in [0.717, 1.165) is 0 Å². The van der Waals surface area contributed by atoms with Crippen molar-refractivity contribution in [3.63, 3.8) is 0 Å². The number of halogens is 1. The van der Waals surface area contributed by atoms with Crippen LogP contribution in [0.15, 0.2) is 0 Å². The van der Waals surface area contributed by atoms with Gasteiger partial charge in [0.15, 0.2) is 11.1 Å². The fourth-order valence-electron chi connectivity index (χ4n) is 1.89. The Morgan fingerprint density at radius 2 is 1.82 bits per heavy atom. The van der Waals surface area contributed by atoms with Gasteiger partial charge in [0.25, 0.3) is 0 Å². The summed E-state index contributed by atoms with van der Waals surface area (Å²) < 4.78 is 15.4. The Balaban J connectivity index is 2.79. The quantitative estimate of drug-likeness (QED) is 0.571. The number of rotatable bonds is 2. The first-order valence-corrected chi connectivity index (χ1v) is 6.34. The van der Waals surface area contributed by atoms with Crippen LogP contribution in [0.3, 0.4) is 0 Å². The maximum Gasteiger partial charge on any atom is 0.335 e. The molecule has 17 heavy (non-hydrogen) atoms. The molecule has 0 aliphatic carbocycles. The van der Waals surface area contributed by atoms with E-state index in [1.54, 1.807) is 0 Å². The topological polar surface area (TPSA) is 61.8 Å². The van der Waals surface area contributed by atoms with Gasteiger partial charge in [0, 0.05) is 12.8 Å². The van der Waals surface area contributed by atoms with Gasteiger partial charge >= 0.3 is 11.9 Å². The molecule has 0 N–H and O–H groups in total. The summed E-state index contributed by atoms with van der Waals surface area (Å²) in [6, 6.07) is 0. The second-order valence-electron chi connectivity index (χ2n) is 4.22. The van der Waals surface area contributed by atoms with Crippen LogP contribution in [0.1, 0.15) is 20.8 Å². The van der Waals surface area contributed by atoms with Gasteiger partial charge in [-0.2, -0.15) is 0 Å². The zero-order valence-electron chi connectivity index (χ0n) is 10.3. The minimum Gasteiger partial charge on any atom is -0.467 e. The van der Waals surface area contributed by atoms with E-state index in [1.807, 2.05) is 13.8 Å². The smallest absolute Gasteiger partial charge is 0.335 e. The van der Waals surface area contributed by atoms with Crippen LogP contribution < -0.4 is 0 Å². The number of carbonyl (C=O) groups excluding carboxylic acids is 2. The highest BCUT2D eigenvalue weighted by Crippen LogP contribution is 2.35. The van der Waals surface area contributed by atoms with E-state index in [-0.39, 0.29) is 17.8 Å². The summed E-state index contributed by atoms with van der Waals surface area (Å²) in [4.78, 5) is 22.5. The Morgan fingerprint density at radius 1 is 1.24 bits per heavy atom. The van der Waals surface area contributed by atoms with Gasteiger partial charge < -0.3 is 14.2 Å². The van der Waals surface area contributed by atoms with Crippen molar-refractivity contribution in [2.45, 2.75) is 38.0 Å². The van der Waals surface area contributed by atoms with Gasteiger partial charge in [-0.15, -0.1) is 0 Å². The average molecular weight is 309 g/mol. The Labute approximate surface area is 109 Å². The lowest BCUT2D eigenvalue weighted by Gasteiger charge is -2.40. The summed E-state index contributed by atoms with van der Waals surface area (Å²) in [5.74, 6) is -0.851. The molecule has 6 heteroatoms. The Hall–Kier alpha value is -0.620. The van der Waals surface area contributed by atoms with Gasteiger partial charge in [0.2, 0.25) is 0 Å². The molecule has 1 fully saturated rings. The number of ether oxygens (including phenoxy) is 3. The third-order valence-corrected chi connectivity index (χ3v) is 3.83. The van der Waals surface area contributed by atoms with Crippen LogP contribution in [-0.4, -0.2) is 36.3 Å². The number of methoxy groups -OCH3 is 1. The summed E-state index contributed by atoms with van der Waals surface area (Å²) in [7, 11) is 1.32. The Bertz CT molecular complexity index is 306. The summed E-state index contributed by atoms with van der Waals surface area (Å²) in [5.41, 5.74) is 0. The molecule has 0 saturated carbocycles. The minimum atomic E-state index is -0.633. The lowest BCUT2D eigenvalue weighted by atomic mass is 9.84. The summed E-state index contributed by atoms with van der Waals surface area (Å²) in [5, 5.41) is -0.498. The second kappa shape index (κ2) is 5.82. The molecule has 1 rings (SSSR count). The summed E-state index contributed by atoms with van der Waals surface area (Å²) >= 11 is 3.28. The van der Waals surface area contributed by atoms with Crippen molar-refractivity contribution in [1.29, 1.82) is 0 Å². The van der Waals surface area contributed by atoms with E-state index in [1.165, 1.54) is 14.0 Å². The van der Waals surface area contributed by atoms with Gasteiger partial charge in [-0.25, -0.2) is 4.79 Å². The standard InChI is InChI=1S/C11H17BrO5/c1-5-6(2)9(11(14)15-4)17-10(12)8(5)16-7(3)13/h5-6,8-10H,1-4H3/t5-,6-,8+,9-,10-/m0/s1. The molecule has 0 aromatic carbocycles.